The SMILES string of the molecule is Cc1nc(C(=O)NCc2ccc(NC(=O)c3ccc(N4CCOCC4)cc3)cc2)n2c1C1(COC1)N(Cc1ccc(C(=O)N(C)C)cc1)CC2. The fourth-order valence-electron chi connectivity index (χ4n) is 7.03. The lowest BCUT2D eigenvalue weighted by atomic mass is 9.86. The number of amides is 3. The first-order valence-electron chi connectivity index (χ1n) is 17.0. The molecule has 2 fully saturated rings. The number of carbonyl (C=O) groups excluding carboxylic acids is 3. The van der Waals surface area contributed by atoms with Crippen molar-refractivity contribution >= 4 is 29.1 Å². The van der Waals surface area contributed by atoms with Crippen molar-refractivity contribution in [2.24, 2.45) is 0 Å². The Morgan fingerprint density at radius 1 is 0.800 bits per heavy atom. The first kappa shape index (κ1) is 33.5. The van der Waals surface area contributed by atoms with Gasteiger partial charge in [-0.1, -0.05) is 24.3 Å². The third-order valence-corrected chi connectivity index (χ3v) is 9.82. The van der Waals surface area contributed by atoms with Gasteiger partial charge < -0.3 is 34.5 Å². The first-order chi connectivity index (χ1) is 24.2. The van der Waals surface area contributed by atoms with E-state index >= 15 is 0 Å². The molecule has 0 radical (unpaired) electrons. The average molecular weight is 678 g/mol. The van der Waals surface area contributed by atoms with Crippen molar-refractivity contribution < 1.29 is 23.9 Å². The van der Waals surface area contributed by atoms with Gasteiger partial charge in [0.15, 0.2) is 5.82 Å². The number of carbonyl (C=O) groups is 3. The molecule has 3 aromatic carbocycles. The number of anilines is 2. The molecule has 3 aliphatic rings. The fraction of sp³-hybridized carbons (Fsp3) is 0.368. The number of imidazole rings is 1. The van der Waals surface area contributed by atoms with Gasteiger partial charge in [-0.2, -0.15) is 0 Å². The second kappa shape index (κ2) is 14.1. The van der Waals surface area contributed by atoms with E-state index in [4.69, 9.17) is 14.5 Å². The lowest BCUT2D eigenvalue weighted by Gasteiger charge is -2.52. The minimum Gasteiger partial charge on any atom is -0.378 e. The third-order valence-electron chi connectivity index (χ3n) is 9.82. The highest BCUT2D eigenvalue weighted by Crippen LogP contribution is 2.42. The molecule has 2 saturated heterocycles. The van der Waals surface area contributed by atoms with Gasteiger partial charge in [0, 0.05) is 75.9 Å². The van der Waals surface area contributed by atoms with E-state index in [9.17, 15) is 14.4 Å². The van der Waals surface area contributed by atoms with Gasteiger partial charge in [0.2, 0.25) is 0 Å². The molecule has 0 bridgehead atoms. The Bertz CT molecular complexity index is 1860. The topological polar surface area (TPSA) is 121 Å². The van der Waals surface area contributed by atoms with E-state index in [0.29, 0.717) is 68.7 Å². The summed E-state index contributed by atoms with van der Waals surface area (Å²) in [5.74, 6) is -0.0333. The van der Waals surface area contributed by atoms with Crippen LogP contribution in [0.2, 0.25) is 0 Å². The Morgan fingerprint density at radius 2 is 1.46 bits per heavy atom. The zero-order valence-corrected chi connectivity index (χ0v) is 28.8. The number of ether oxygens (including phenoxy) is 2. The molecule has 7 rings (SSSR count). The Morgan fingerprint density at radius 3 is 2.10 bits per heavy atom. The van der Waals surface area contributed by atoms with Crippen molar-refractivity contribution in [2.75, 3.05) is 70.4 Å². The molecular formula is C38H43N7O5. The number of morpholine rings is 1. The van der Waals surface area contributed by atoms with Crippen LogP contribution >= 0.6 is 0 Å². The lowest BCUT2D eigenvalue weighted by molar-refractivity contribution is -0.163. The van der Waals surface area contributed by atoms with Crippen molar-refractivity contribution in [3.63, 3.8) is 0 Å². The van der Waals surface area contributed by atoms with Crippen LogP contribution in [0.1, 0.15) is 53.8 Å². The van der Waals surface area contributed by atoms with Crippen LogP contribution in [-0.2, 0) is 34.6 Å². The monoisotopic (exact) mass is 677 g/mol. The van der Waals surface area contributed by atoms with Crippen molar-refractivity contribution in [1.29, 1.82) is 0 Å². The molecule has 2 N–H and O–H groups in total. The number of nitrogens with one attached hydrogen (secondary N) is 2. The van der Waals surface area contributed by atoms with E-state index in [1.54, 1.807) is 19.0 Å². The van der Waals surface area contributed by atoms with E-state index in [1.807, 2.05) is 79.7 Å². The minimum atomic E-state index is -0.364. The van der Waals surface area contributed by atoms with E-state index in [-0.39, 0.29) is 23.3 Å². The fourth-order valence-corrected chi connectivity index (χ4v) is 7.03. The molecule has 0 atom stereocenters. The molecule has 4 aromatic rings. The van der Waals surface area contributed by atoms with Gasteiger partial charge in [-0.3, -0.25) is 19.3 Å². The second-order valence-corrected chi connectivity index (χ2v) is 13.3. The Hall–Kier alpha value is -5.04. The van der Waals surface area contributed by atoms with Crippen molar-refractivity contribution in [3.05, 3.63) is 112 Å². The van der Waals surface area contributed by atoms with Crippen LogP contribution in [0.15, 0.2) is 72.8 Å². The summed E-state index contributed by atoms with van der Waals surface area (Å²) in [6.07, 6.45) is 0. The average Bonchev–Trinajstić information content (AvgIpc) is 3.47. The van der Waals surface area contributed by atoms with E-state index in [0.717, 1.165) is 47.8 Å². The summed E-state index contributed by atoms with van der Waals surface area (Å²) < 4.78 is 13.2. The van der Waals surface area contributed by atoms with Gasteiger partial charge in [-0.05, 0) is 66.6 Å². The number of hydrogen-bond acceptors (Lipinski definition) is 8. The summed E-state index contributed by atoms with van der Waals surface area (Å²) >= 11 is 0. The quantitative estimate of drug-likeness (QED) is 0.276. The van der Waals surface area contributed by atoms with Crippen LogP contribution in [0.3, 0.4) is 0 Å². The van der Waals surface area contributed by atoms with Gasteiger partial charge in [0.05, 0.1) is 37.8 Å². The number of hydrogen-bond donors (Lipinski definition) is 2. The molecule has 1 aromatic heterocycles. The number of aromatic nitrogens is 2. The minimum absolute atomic E-state index is 0.0217. The van der Waals surface area contributed by atoms with E-state index < -0.39 is 0 Å². The molecule has 12 heteroatoms. The molecule has 50 heavy (non-hydrogen) atoms. The Balaban J connectivity index is 0.962. The zero-order valence-electron chi connectivity index (χ0n) is 28.8. The summed E-state index contributed by atoms with van der Waals surface area (Å²) in [6.45, 7) is 8.51. The number of rotatable bonds is 9. The maximum absolute atomic E-state index is 13.5. The van der Waals surface area contributed by atoms with Gasteiger partial charge in [-0.25, -0.2) is 4.98 Å². The summed E-state index contributed by atoms with van der Waals surface area (Å²) in [4.78, 5) is 49.7. The normalized spacial score (nSPS) is 16.7. The molecule has 4 heterocycles. The maximum Gasteiger partial charge on any atom is 0.287 e. The van der Waals surface area contributed by atoms with Gasteiger partial charge in [0.25, 0.3) is 17.7 Å². The van der Waals surface area contributed by atoms with E-state index in [1.165, 1.54) is 0 Å². The summed E-state index contributed by atoms with van der Waals surface area (Å²) in [5.41, 5.74) is 6.50. The van der Waals surface area contributed by atoms with E-state index in [2.05, 4.69) is 25.0 Å². The van der Waals surface area contributed by atoms with Crippen LogP contribution in [0.4, 0.5) is 11.4 Å². The molecule has 0 saturated carbocycles. The summed E-state index contributed by atoms with van der Waals surface area (Å²) in [7, 11) is 3.50. The van der Waals surface area contributed by atoms with Crippen LogP contribution in [-0.4, -0.2) is 97.2 Å². The van der Waals surface area contributed by atoms with Crippen molar-refractivity contribution in [1.82, 2.24) is 24.7 Å². The molecule has 0 unspecified atom stereocenters. The molecule has 1 spiro atoms. The summed E-state index contributed by atoms with van der Waals surface area (Å²) in [5, 5.41) is 5.99. The number of aryl methyl sites for hydroxylation is 1. The molecule has 12 nitrogen and oxygen atoms in total. The standard InChI is InChI=1S/C38H43N7O5/c1-26-33-38(24-50-25-38)44(23-28-4-8-30(9-5-28)37(48)42(2)3)16-17-45(33)34(40-26)36(47)39-22-27-6-12-31(13-7-27)41-35(46)29-10-14-32(15-11-29)43-18-20-49-21-19-43/h4-15H,16-25H2,1-3H3,(H,39,47)(H,41,46). The lowest BCUT2D eigenvalue weighted by Crippen LogP contribution is -2.63. The molecular weight excluding hydrogens is 634 g/mol. The molecule has 260 valence electrons. The van der Waals surface area contributed by atoms with Gasteiger partial charge in [0.1, 0.15) is 5.54 Å². The number of nitrogens with zero attached hydrogens (tertiary/aromatic N) is 5. The second-order valence-electron chi connectivity index (χ2n) is 13.3. The highest BCUT2D eigenvalue weighted by molar-refractivity contribution is 6.04. The largest absolute Gasteiger partial charge is 0.378 e. The van der Waals surface area contributed by atoms with Crippen LogP contribution < -0.4 is 15.5 Å². The van der Waals surface area contributed by atoms with Crippen molar-refractivity contribution in [2.45, 2.75) is 32.1 Å². The zero-order chi connectivity index (χ0) is 34.8. The first-order valence-corrected chi connectivity index (χ1v) is 17.0. The summed E-state index contributed by atoms with van der Waals surface area (Å²) in [6, 6.07) is 22.8. The maximum atomic E-state index is 13.5. The van der Waals surface area contributed by atoms with Crippen LogP contribution in [0.25, 0.3) is 0 Å². The Kier molecular flexibility index (Phi) is 9.41. The number of benzene rings is 3. The predicted octanol–water partition coefficient (Wildman–Crippen LogP) is 3.65. The number of fused-ring (bicyclic) bond motifs is 2. The Labute approximate surface area is 292 Å². The van der Waals surface area contributed by atoms with Crippen LogP contribution in [0, 0.1) is 6.92 Å². The van der Waals surface area contributed by atoms with Gasteiger partial charge >= 0.3 is 0 Å². The van der Waals surface area contributed by atoms with Crippen LogP contribution in [0.5, 0.6) is 0 Å². The highest BCUT2D eigenvalue weighted by atomic mass is 16.5. The highest BCUT2D eigenvalue weighted by Gasteiger charge is 2.51. The van der Waals surface area contributed by atoms with Gasteiger partial charge in [-0.15, -0.1) is 0 Å². The third kappa shape index (κ3) is 6.61. The predicted molar refractivity (Wildman–Crippen MR) is 189 cm³/mol. The molecule has 3 amide bonds. The molecule has 3 aliphatic heterocycles. The molecule has 0 aliphatic carbocycles. The smallest absolute Gasteiger partial charge is 0.287 e. The van der Waals surface area contributed by atoms with Crippen molar-refractivity contribution in [3.8, 4) is 0 Å².